The van der Waals surface area contributed by atoms with E-state index in [1.807, 2.05) is 26.0 Å². The summed E-state index contributed by atoms with van der Waals surface area (Å²) >= 11 is 0. The minimum absolute atomic E-state index is 0.225. The van der Waals surface area contributed by atoms with E-state index >= 15 is 0 Å². The van der Waals surface area contributed by atoms with Crippen LogP contribution in [-0.2, 0) is 0 Å². The fourth-order valence-electron chi connectivity index (χ4n) is 2.01. The molecule has 2 heterocycles. The van der Waals surface area contributed by atoms with E-state index in [9.17, 15) is 0 Å². The Morgan fingerprint density at radius 1 is 1.12 bits per heavy atom. The molecule has 0 saturated carbocycles. The maximum absolute atomic E-state index is 5.99. The molecule has 3 rings (SSSR count). The first kappa shape index (κ1) is 9.83. The Kier molecular flexibility index (Phi) is 1.77. The molecule has 17 heavy (non-hydrogen) atoms. The summed E-state index contributed by atoms with van der Waals surface area (Å²) in [6.45, 7) is 3.85. The molecular weight excluding hydrogens is 216 g/mol. The van der Waals surface area contributed by atoms with Gasteiger partial charge in [0.25, 0.3) is 0 Å². The Labute approximate surface area is 97.3 Å². The number of benzene rings is 1. The van der Waals surface area contributed by atoms with E-state index in [1.54, 1.807) is 4.52 Å². The molecule has 3 aromatic rings. The first-order valence-corrected chi connectivity index (χ1v) is 5.25. The molecule has 1 aromatic carbocycles. The van der Waals surface area contributed by atoms with Crippen LogP contribution in [0.4, 0.5) is 11.6 Å². The van der Waals surface area contributed by atoms with Crippen LogP contribution >= 0.6 is 0 Å². The molecule has 0 aliphatic carbocycles. The largest absolute Gasteiger partial charge is 0.398 e. The fraction of sp³-hybridized carbons (Fsp3) is 0.182. The molecule has 0 fully saturated rings. The number of anilines is 2. The van der Waals surface area contributed by atoms with E-state index in [0.29, 0.717) is 11.3 Å². The molecule has 86 valence electrons. The molecule has 6 heteroatoms. The van der Waals surface area contributed by atoms with Crippen molar-refractivity contribution < 1.29 is 0 Å². The van der Waals surface area contributed by atoms with Gasteiger partial charge in [0.05, 0.1) is 10.9 Å². The number of rotatable bonds is 0. The lowest BCUT2D eigenvalue weighted by Gasteiger charge is -2.07. The lowest BCUT2D eigenvalue weighted by molar-refractivity contribution is 0.880. The van der Waals surface area contributed by atoms with E-state index in [4.69, 9.17) is 11.5 Å². The van der Waals surface area contributed by atoms with Gasteiger partial charge in [-0.15, -0.1) is 5.10 Å². The topological polar surface area (TPSA) is 95.1 Å². The number of hydrogen-bond acceptors (Lipinski definition) is 5. The number of nitrogens with two attached hydrogens (primary N) is 2. The van der Waals surface area contributed by atoms with E-state index in [-0.39, 0.29) is 5.95 Å². The van der Waals surface area contributed by atoms with Gasteiger partial charge in [0.1, 0.15) is 5.82 Å². The Hall–Kier alpha value is -2.37. The van der Waals surface area contributed by atoms with Crippen molar-refractivity contribution in [3.63, 3.8) is 0 Å². The lowest BCUT2D eigenvalue weighted by atomic mass is 10.1. The van der Waals surface area contributed by atoms with Gasteiger partial charge in [0, 0.05) is 5.69 Å². The van der Waals surface area contributed by atoms with Crippen LogP contribution in [0, 0.1) is 13.8 Å². The molecule has 0 aliphatic heterocycles. The summed E-state index contributed by atoms with van der Waals surface area (Å²) < 4.78 is 1.62. The number of fused-ring (bicyclic) bond motifs is 3. The van der Waals surface area contributed by atoms with Crippen LogP contribution in [0.15, 0.2) is 12.1 Å². The van der Waals surface area contributed by atoms with Gasteiger partial charge in [0.2, 0.25) is 5.95 Å². The van der Waals surface area contributed by atoms with Crippen LogP contribution in [0.2, 0.25) is 0 Å². The lowest BCUT2D eigenvalue weighted by Crippen LogP contribution is -2.01. The highest BCUT2D eigenvalue weighted by Gasteiger charge is 2.13. The first-order chi connectivity index (χ1) is 8.08. The van der Waals surface area contributed by atoms with Crippen LogP contribution in [0.3, 0.4) is 0 Å². The molecule has 0 atom stereocenters. The second-order valence-corrected chi connectivity index (χ2v) is 4.06. The van der Waals surface area contributed by atoms with Gasteiger partial charge in [0.15, 0.2) is 5.65 Å². The molecule has 0 amide bonds. The average molecular weight is 228 g/mol. The molecule has 2 aromatic heterocycles. The molecule has 4 N–H and O–H groups in total. The van der Waals surface area contributed by atoms with Crippen molar-refractivity contribution in [1.29, 1.82) is 0 Å². The second-order valence-electron chi connectivity index (χ2n) is 4.06. The predicted octanol–water partition coefficient (Wildman–Crippen LogP) is 1.06. The highest BCUT2D eigenvalue weighted by atomic mass is 15.3. The molecule has 0 spiro atoms. The van der Waals surface area contributed by atoms with Crippen LogP contribution in [-0.4, -0.2) is 19.6 Å². The summed E-state index contributed by atoms with van der Waals surface area (Å²) in [7, 11) is 0. The van der Waals surface area contributed by atoms with Crippen molar-refractivity contribution in [2.45, 2.75) is 13.8 Å². The fourth-order valence-corrected chi connectivity index (χ4v) is 2.01. The van der Waals surface area contributed by atoms with Crippen molar-refractivity contribution in [1.82, 2.24) is 19.6 Å². The van der Waals surface area contributed by atoms with Crippen molar-refractivity contribution in [3.8, 4) is 0 Å². The third-order valence-electron chi connectivity index (χ3n) is 2.84. The van der Waals surface area contributed by atoms with E-state index < -0.39 is 0 Å². The average Bonchev–Trinajstić information content (AvgIpc) is 2.66. The second kappa shape index (κ2) is 3.07. The van der Waals surface area contributed by atoms with E-state index in [1.165, 1.54) is 0 Å². The van der Waals surface area contributed by atoms with Crippen LogP contribution in [0.1, 0.15) is 11.4 Å². The zero-order valence-corrected chi connectivity index (χ0v) is 9.60. The molecular formula is C11H12N6. The summed E-state index contributed by atoms with van der Waals surface area (Å²) in [6.07, 6.45) is 0. The Morgan fingerprint density at radius 2 is 1.88 bits per heavy atom. The van der Waals surface area contributed by atoms with Gasteiger partial charge >= 0.3 is 0 Å². The van der Waals surface area contributed by atoms with Gasteiger partial charge in [-0.2, -0.15) is 9.50 Å². The molecule has 0 aliphatic rings. The van der Waals surface area contributed by atoms with Gasteiger partial charge < -0.3 is 11.5 Å². The van der Waals surface area contributed by atoms with Gasteiger partial charge in [-0.25, -0.2) is 4.98 Å². The van der Waals surface area contributed by atoms with Crippen molar-refractivity contribution in [2.24, 2.45) is 0 Å². The molecule has 0 bridgehead atoms. The molecule has 6 nitrogen and oxygen atoms in total. The predicted molar refractivity (Wildman–Crippen MR) is 66.6 cm³/mol. The summed E-state index contributed by atoms with van der Waals surface area (Å²) in [5.74, 6) is 0.966. The van der Waals surface area contributed by atoms with E-state index in [2.05, 4.69) is 15.1 Å². The smallest absolute Gasteiger partial charge is 0.240 e. The van der Waals surface area contributed by atoms with Crippen molar-refractivity contribution in [3.05, 3.63) is 23.5 Å². The summed E-state index contributed by atoms with van der Waals surface area (Å²) in [5.41, 5.74) is 14.8. The number of aryl methyl sites for hydroxylation is 2. The number of aromatic nitrogens is 4. The van der Waals surface area contributed by atoms with Crippen LogP contribution in [0.5, 0.6) is 0 Å². The zero-order chi connectivity index (χ0) is 12.2. The maximum Gasteiger partial charge on any atom is 0.240 e. The Balaban J connectivity index is 2.67. The highest BCUT2D eigenvalue weighted by Crippen LogP contribution is 2.26. The Morgan fingerprint density at radius 3 is 2.65 bits per heavy atom. The monoisotopic (exact) mass is 228 g/mol. The summed E-state index contributed by atoms with van der Waals surface area (Å²) in [6, 6.07) is 3.79. The van der Waals surface area contributed by atoms with Crippen LogP contribution < -0.4 is 11.5 Å². The number of nitrogens with zero attached hydrogens (tertiary/aromatic N) is 4. The quantitative estimate of drug-likeness (QED) is 0.561. The summed E-state index contributed by atoms with van der Waals surface area (Å²) in [4.78, 5) is 8.72. The Bertz CT molecular complexity index is 743. The third-order valence-corrected chi connectivity index (χ3v) is 2.84. The van der Waals surface area contributed by atoms with E-state index in [0.717, 1.165) is 22.3 Å². The van der Waals surface area contributed by atoms with Gasteiger partial charge in [-0.3, -0.25) is 0 Å². The van der Waals surface area contributed by atoms with Crippen molar-refractivity contribution in [2.75, 3.05) is 11.5 Å². The first-order valence-electron chi connectivity index (χ1n) is 5.25. The van der Waals surface area contributed by atoms with Crippen LogP contribution in [0.25, 0.3) is 16.6 Å². The third kappa shape index (κ3) is 1.24. The number of nitrogen functional groups attached to an aromatic ring is 2. The minimum Gasteiger partial charge on any atom is -0.398 e. The zero-order valence-electron chi connectivity index (χ0n) is 9.60. The molecule has 0 saturated heterocycles. The summed E-state index contributed by atoms with van der Waals surface area (Å²) in [5, 5.41) is 4.90. The number of hydrogen-bond donors (Lipinski definition) is 2. The standard InChI is InChI=1S/C11H12N6/c1-5-3-4-7(12)8-9(5)14-6(2)17-10(8)15-11(13)16-17/h3-4H,12H2,1-2H3,(H2,13,16). The van der Waals surface area contributed by atoms with Crippen molar-refractivity contribution >= 4 is 28.2 Å². The maximum atomic E-state index is 5.99. The minimum atomic E-state index is 0.225. The van der Waals surface area contributed by atoms with Gasteiger partial charge in [-0.05, 0) is 25.5 Å². The van der Waals surface area contributed by atoms with Gasteiger partial charge in [-0.1, -0.05) is 6.07 Å². The highest BCUT2D eigenvalue weighted by molar-refractivity contribution is 6.02. The molecule has 0 unspecified atom stereocenters. The normalized spacial score (nSPS) is 11.4. The SMILES string of the molecule is Cc1ccc(N)c2c1nc(C)n1nc(N)nc21. The molecule has 0 radical (unpaired) electrons.